The molecule has 1 N–H and O–H groups in total. The van der Waals surface area contributed by atoms with Crippen LogP contribution in [0.3, 0.4) is 0 Å². The molecule has 0 saturated heterocycles. The quantitative estimate of drug-likeness (QED) is 0.470. The van der Waals surface area contributed by atoms with E-state index in [0.29, 0.717) is 0 Å². The number of nitrogens with one attached hydrogen (secondary N) is 1. The van der Waals surface area contributed by atoms with Gasteiger partial charge in [0.1, 0.15) is 5.82 Å². The summed E-state index contributed by atoms with van der Waals surface area (Å²) in [5.41, 5.74) is 1.06. The molecule has 0 aliphatic carbocycles. The minimum Gasteiger partial charge on any atom is -0.780 e. The smallest absolute Gasteiger partial charge is 0.780 e. The Kier molecular flexibility index (Phi) is 3.93. The minimum atomic E-state index is 0. The maximum absolute atomic E-state index is 4.97. The summed E-state index contributed by atoms with van der Waals surface area (Å²) in [5.74, 6) is 0.880. The molecule has 60 valence electrons. The molecule has 0 atom stereocenters. The van der Waals surface area contributed by atoms with Gasteiger partial charge in [0.05, 0.1) is 0 Å². The van der Waals surface area contributed by atoms with Gasteiger partial charge in [-0.15, -0.1) is 0 Å². The average Bonchev–Trinajstić information content (AvgIpc) is 2.58. The number of rotatable bonds is 1. The first-order valence-corrected chi connectivity index (χ1v) is 4.04. The van der Waals surface area contributed by atoms with Crippen LogP contribution in [0.2, 0.25) is 0 Å². The second kappa shape index (κ2) is 4.77. The third kappa shape index (κ3) is 2.54. The molecule has 0 aliphatic rings. The Morgan fingerprint density at radius 3 is 2.38 bits per heavy atom. The Morgan fingerprint density at radius 2 is 1.85 bits per heavy atom. The van der Waals surface area contributed by atoms with Crippen LogP contribution in [0.1, 0.15) is 0 Å². The third-order valence-corrected chi connectivity index (χ3v) is 1.90. The van der Waals surface area contributed by atoms with Crippen molar-refractivity contribution in [2.24, 2.45) is 0 Å². The van der Waals surface area contributed by atoms with Crippen LogP contribution in [0.15, 0.2) is 41.6 Å². The van der Waals surface area contributed by atoms with Gasteiger partial charge in [-0.2, -0.15) is 4.90 Å². The molecule has 2 aromatic rings. The monoisotopic (exact) mass is 198 g/mol. The van der Waals surface area contributed by atoms with Gasteiger partial charge in [0, 0.05) is 18.0 Å². The first kappa shape index (κ1) is 10.7. The summed E-state index contributed by atoms with van der Waals surface area (Å²) in [6, 6.07) is 7.71. The number of H-pyrrole nitrogens is 1. The van der Waals surface area contributed by atoms with Gasteiger partial charge in [-0.3, -0.25) is 0 Å². The minimum absolute atomic E-state index is 0. The maximum Gasteiger partial charge on any atom is 1.00 e. The van der Waals surface area contributed by atoms with E-state index >= 15 is 0 Å². The fourth-order valence-electron chi connectivity index (χ4n) is 1.04. The topological polar surface area (TPSA) is 28.7 Å². The Hall–Kier alpha value is -0.350. The molecule has 0 unspecified atom stereocenters. The van der Waals surface area contributed by atoms with E-state index in [-0.39, 0.29) is 29.6 Å². The van der Waals surface area contributed by atoms with Gasteiger partial charge in [-0.05, 0) is 0 Å². The van der Waals surface area contributed by atoms with E-state index in [9.17, 15) is 0 Å². The summed E-state index contributed by atoms with van der Waals surface area (Å²) >= 11 is 4.97. The van der Waals surface area contributed by atoms with Crippen molar-refractivity contribution in [2.45, 2.75) is 4.90 Å². The van der Waals surface area contributed by atoms with Gasteiger partial charge >= 0.3 is 29.6 Å². The van der Waals surface area contributed by atoms with E-state index in [0.717, 1.165) is 16.3 Å². The Bertz CT molecular complexity index is 356. The van der Waals surface area contributed by atoms with Crippen LogP contribution in [0.4, 0.5) is 0 Å². The fourth-order valence-corrected chi connectivity index (χ4v) is 1.17. The van der Waals surface area contributed by atoms with E-state index in [1.54, 1.807) is 12.4 Å². The molecule has 0 amide bonds. The van der Waals surface area contributed by atoms with Crippen molar-refractivity contribution in [3.05, 3.63) is 36.7 Å². The van der Waals surface area contributed by atoms with E-state index in [1.807, 2.05) is 24.3 Å². The molecule has 0 fully saturated rings. The van der Waals surface area contributed by atoms with Crippen molar-refractivity contribution in [3.8, 4) is 11.4 Å². The van der Waals surface area contributed by atoms with E-state index < -0.39 is 0 Å². The molecular weight excluding hydrogens is 191 g/mol. The molecule has 0 spiro atoms. The zero-order valence-corrected chi connectivity index (χ0v) is 10.1. The Labute approximate surface area is 104 Å². The van der Waals surface area contributed by atoms with Crippen LogP contribution in [0.25, 0.3) is 11.4 Å². The summed E-state index contributed by atoms with van der Waals surface area (Å²) in [6.07, 6.45) is 3.54. The molecular formula is C9H7N2NaS. The number of hydrogen-bond acceptors (Lipinski definition) is 2. The predicted molar refractivity (Wildman–Crippen MR) is 49.7 cm³/mol. The standard InChI is InChI=1S/C9H8N2S.Na/c12-8-3-1-7(2-4-8)9-10-5-6-11-9;/h1-6,12H,(H,10,11);/q;+1/p-1. The number of nitrogens with zero attached hydrogens (tertiary/aromatic N) is 1. The largest absolute Gasteiger partial charge is 1.00 e. The van der Waals surface area contributed by atoms with Crippen LogP contribution in [0, 0.1) is 0 Å². The van der Waals surface area contributed by atoms with Crippen molar-refractivity contribution in [2.75, 3.05) is 0 Å². The number of hydrogen-bond donors (Lipinski definition) is 1. The van der Waals surface area contributed by atoms with Gasteiger partial charge in [0.25, 0.3) is 0 Å². The number of imidazole rings is 1. The summed E-state index contributed by atoms with van der Waals surface area (Å²) in [7, 11) is 0. The summed E-state index contributed by atoms with van der Waals surface area (Å²) in [5, 5.41) is 0. The summed E-state index contributed by atoms with van der Waals surface area (Å²) < 4.78 is 0. The van der Waals surface area contributed by atoms with Crippen molar-refractivity contribution >= 4 is 12.6 Å². The molecule has 0 bridgehead atoms. The van der Waals surface area contributed by atoms with Gasteiger partial charge < -0.3 is 17.6 Å². The molecule has 2 rings (SSSR count). The molecule has 0 radical (unpaired) electrons. The van der Waals surface area contributed by atoms with Crippen LogP contribution in [0.5, 0.6) is 0 Å². The predicted octanol–water partition coefficient (Wildman–Crippen LogP) is -1.01. The number of aromatic nitrogens is 2. The van der Waals surface area contributed by atoms with E-state index in [2.05, 4.69) is 9.97 Å². The molecule has 1 aromatic heterocycles. The summed E-state index contributed by atoms with van der Waals surface area (Å²) in [4.78, 5) is 8.01. The van der Waals surface area contributed by atoms with Crippen molar-refractivity contribution < 1.29 is 29.6 Å². The van der Waals surface area contributed by atoms with Crippen LogP contribution < -0.4 is 29.6 Å². The van der Waals surface area contributed by atoms with Crippen molar-refractivity contribution in [1.29, 1.82) is 0 Å². The average molecular weight is 198 g/mol. The normalized spacial score (nSPS) is 9.23. The number of benzene rings is 1. The Balaban J connectivity index is 0.000000845. The van der Waals surface area contributed by atoms with Gasteiger partial charge in [-0.25, -0.2) is 4.98 Å². The fraction of sp³-hybridized carbons (Fsp3) is 0. The van der Waals surface area contributed by atoms with Crippen molar-refractivity contribution in [1.82, 2.24) is 9.97 Å². The van der Waals surface area contributed by atoms with Crippen LogP contribution in [-0.4, -0.2) is 9.97 Å². The zero-order valence-electron chi connectivity index (χ0n) is 7.32. The molecule has 2 nitrogen and oxygen atoms in total. The second-order valence-electron chi connectivity index (χ2n) is 2.46. The van der Waals surface area contributed by atoms with Crippen LogP contribution >= 0.6 is 0 Å². The number of aromatic amines is 1. The SMILES string of the molecule is [Na+].[S-]c1ccc(-c2ncc[nH]2)cc1. The van der Waals surface area contributed by atoms with Crippen LogP contribution in [-0.2, 0) is 12.6 Å². The molecule has 1 heterocycles. The first-order valence-electron chi connectivity index (χ1n) is 3.63. The maximum atomic E-state index is 4.97. The first-order chi connectivity index (χ1) is 5.86. The molecule has 13 heavy (non-hydrogen) atoms. The summed E-state index contributed by atoms with van der Waals surface area (Å²) in [6.45, 7) is 0. The van der Waals surface area contributed by atoms with Gasteiger partial charge in [0.15, 0.2) is 0 Å². The van der Waals surface area contributed by atoms with Gasteiger partial charge in [0.2, 0.25) is 0 Å². The van der Waals surface area contributed by atoms with Crippen molar-refractivity contribution in [3.63, 3.8) is 0 Å². The molecule has 1 aromatic carbocycles. The second-order valence-corrected chi connectivity index (χ2v) is 2.93. The van der Waals surface area contributed by atoms with Gasteiger partial charge in [-0.1, -0.05) is 24.3 Å². The Morgan fingerprint density at radius 1 is 1.15 bits per heavy atom. The van der Waals surface area contributed by atoms with E-state index in [1.165, 1.54) is 0 Å². The zero-order chi connectivity index (χ0) is 8.39. The molecule has 0 aliphatic heterocycles. The molecule has 0 saturated carbocycles. The molecule has 4 heteroatoms. The van der Waals surface area contributed by atoms with E-state index in [4.69, 9.17) is 12.6 Å². The third-order valence-electron chi connectivity index (χ3n) is 1.63.